The number of hydrogen-bond acceptors (Lipinski definition) is 0. The van der Waals surface area contributed by atoms with E-state index in [-0.39, 0.29) is 6.04 Å². The first kappa shape index (κ1) is 14.0. The van der Waals surface area contributed by atoms with E-state index in [1.807, 2.05) is 0 Å². The molecule has 0 amide bonds. The summed E-state index contributed by atoms with van der Waals surface area (Å²) in [6.07, 6.45) is 16.2. The van der Waals surface area contributed by atoms with Crippen molar-refractivity contribution >= 4 is 0 Å². The van der Waals surface area contributed by atoms with E-state index < -0.39 is 0 Å². The third-order valence-electron chi connectivity index (χ3n) is 4.00. The molecule has 1 nitrogen and oxygen atoms in total. The lowest BCUT2D eigenvalue weighted by Gasteiger charge is -2.24. The second kappa shape index (κ2) is 9.04. The maximum atomic E-state index is 8.09. The molecule has 0 aromatic rings. The Morgan fingerprint density at radius 1 is 1.00 bits per heavy atom. The third kappa shape index (κ3) is 6.52. The summed E-state index contributed by atoms with van der Waals surface area (Å²) in [5.74, 6) is 0.895. The van der Waals surface area contributed by atoms with Crippen molar-refractivity contribution in [3.8, 4) is 0 Å². The van der Waals surface area contributed by atoms with Gasteiger partial charge in [0.1, 0.15) is 0 Å². The molecule has 95 valence electrons. The molecule has 1 saturated carbocycles. The van der Waals surface area contributed by atoms with Gasteiger partial charge in [0, 0.05) is 6.04 Å². The Morgan fingerprint density at radius 2 is 1.69 bits per heavy atom. The quantitative estimate of drug-likeness (QED) is 0.520. The highest BCUT2D eigenvalue weighted by Crippen LogP contribution is 2.28. The van der Waals surface area contributed by atoms with Crippen LogP contribution in [0.3, 0.4) is 0 Å². The number of nitrogens with one attached hydrogen (secondary N) is 1. The first-order valence-electron chi connectivity index (χ1n) is 7.54. The molecule has 0 aromatic heterocycles. The molecule has 16 heavy (non-hydrogen) atoms. The summed E-state index contributed by atoms with van der Waals surface area (Å²) in [6.45, 7) is 2.26. The maximum Gasteiger partial charge on any atom is 0.0215 e. The Bertz CT molecular complexity index is 150. The van der Waals surface area contributed by atoms with Gasteiger partial charge in [0.25, 0.3) is 0 Å². The summed E-state index contributed by atoms with van der Waals surface area (Å²) >= 11 is 0. The zero-order chi connectivity index (χ0) is 11.6. The van der Waals surface area contributed by atoms with Crippen LogP contribution in [0.25, 0.3) is 0 Å². The van der Waals surface area contributed by atoms with Crippen molar-refractivity contribution in [1.29, 1.82) is 0 Å². The molecule has 0 saturated heterocycles. The number of rotatable bonds is 8. The van der Waals surface area contributed by atoms with Gasteiger partial charge in [0.2, 0.25) is 0 Å². The second-order valence-electron chi connectivity index (χ2n) is 5.64. The lowest BCUT2D eigenvalue weighted by Crippen LogP contribution is -2.17. The van der Waals surface area contributed by atoms with Gasteiger partial charge in [-0.2, -0.15) is 0 Å². The fourth-order valence-electron chi connectivity index (χ4n) is 2.94. The van der Waals surface area contributed by atoms with E-state index in [9.17, 15) is 0 Å². The molecule has 1 aliphatic rings. The average molecular weight is 224 g/mol. The molecule has 0 heterocycles. The first-order valence-corrected chi connectivity index (χ1v) is 7.54. The van der Waals surface area contributed by atoms with Crippen molar-refractivity contribution in [2.24, 2.45) is 5.92 Å². The summed E-state index contributed by atoms with van der Waals surface area (Å²) in [5.41, 5.74) is 8.09. The van der Waals surface area contributed by atoms with Gasteiger partial charge in [0.05, 0.1) is 0 Å². The Kier molecular flexibility index (Phi) is 7.92. The Labute approximate surface area is 102 Å². The van der Waals surface area contributed by atoms with Crippen LogP contribution < -0.4 is 5.73 Å². The van der Waals surface area contributed by atoms with Crippen LogP contribution in [0.5, 0.6) is 0 Å². The van der Waals surface area contributed by atoms with Gasteiger partial charge < -0.3 is 0 Å². The van der Waals surface area contributed by atoms with Crippen LogP contribution in [0.2, 0.25) is 0 Å². The average Bonchev–Trinajstić information content (AvgIpc) is 2.30. The molecule has 1 atom stereocenters. The molecule has 0 bridgehead atoms. The molecule has 1 radical (unpaired) electrons. The summed E-state index contributed by atoms with van der Waals surface area (Å²) in [4.78, 5) is 0. The number of hydrogen-bond donors (Lipinski definition) is 0. The predicted octanol–water partition coefficient (Wildman–Crippen LogP) is 4.97. The van der Waals surface area contributed by atoms with Gasteiger partial charge in [-0.05, 0) is 18.8 Å². The Balaban J connectivity index is 1.95. The van der Waals surface area contributed by atoms with Gasteiger partial charge in [-0.25, -0.2) is 0 Å². The third-order valence-corrected chi connectivity index (χ3v) is 4.00. The fourth-order valence-corrected chi connectivity index (χ4v) is 2.94. The van der Waals surface area contributed by atoms with E-state index in [1.165, 1.54) is 70.6 Å². The van der Waals surface area contributed by atoms with Crippen LogP contribution in [0, 0.1) is 5.92 Å². The Morgan fingerprint density at radius 3 is 2.38 bits per heavy atom. The lowest BCUT2D eigenvalue weighted by molar-refractivity contribution is 0.307. The maximum absolute atomic E-state index is 8.09. The van der Waals surface area contributed by atoms with E-state index >= 15 is 0 Å². The van der Waals surface area contributed by atoms with Gasteiger partial charge in [0.15, 0.2) is 0 Å². The largest absolute Gasteiger partial charge is 0.255 e. The molecule has 1 aliphatic carbocycles. The van der Waals surface area contributed by atoms with Gasteiger partial charge >= 0.3 is 0 Å². The standard InChI is InChI=1S/C15H30N/c1-2-3-4-5-9-12-15(16)13-14-10-7-6-8-11-14/h14-16H,2-13H2,1H3. The molecular weight excluding hydrogens is 194 g/mol. The molecule has 1 rings (SSSR count). The van der Waals surface area contributed by atoms with Crippen molar-refractivity contribution < 1.29 is 0 Å². The van der Waals surface area contributed by atoms with Gasteiger partial charge in [-0.15, -0.1) is 0 Å². The minimum atomic E-state index is 0.240. The van der Waals surface area contributed by atoms with Crippen LogP contribution in [-0.4, -0.2) is 6.04 Å². The van der Waals surface area contributed by atoms with Crippen LogP contribution in [0.1, 0.15) is 84.0 Å². The highest BCUT2D eigenvalue weighted by Gasteiger charge is 2.16. The van der Waals surface area contributed by atoms with Crippen LogP contribution in [0.15, 0.2) is 0 Å². The second-order valence-corrected chi connectivity index (χ2v) is 5.64. The molecule has 0 aromatic carbocycles. The first-order chi connectivity index (χ1) is 7.83. The normalized spacial score (nSPS) is 19.9. The van der Waals surface area contributed by atoms with Crippen molar-refractivity contribution in [2.75, 3.05) is 0 Å². The van der Waals surface area contributed by atoms with Crippen molar-refractivity contribution in [3.05, 3.63) is 0 Å². The van der Waals surface area contributed by atoms with E-state index in [1.54, 1.807) is 0 Å². The molecule has 0 spiro atoms. The highest BCUT2D eigenvalue weighted by molar-refractivity contribution is 4.71. The van der Waals surface area contributed by atoms with E-state index in [4.69, 9.17) is 5.73 Å². The van der Waals surface area contributed by atoms with Gasteiger partial charge in [-0.3, -0.25) is 5.73 Å². The Hall–Kier alpha value is -0.0400. The monoisotopic (exact) mass is 224 g/mol. The topological polar surface area (TPSA) is 23.8 Å². The van der Waals surface area contributed by atoms with E-state index in [0.29, 0.717) is 0 Å². The highest BCUT2D eigenvalue weighted by atomic mass is 14.6. The van der Waals surface area contributed by atoms with Crippen LogP contribution in [0.4, 0.5) is 0 Å². The van der Waals surface area contributed by atoms with Gasteiger partial charge in [-0.1, -0.05) is 71.1 Å². The molecule has 0 aliphatic heterocycles. The summed E-state index contributed by atoms with van der Waals surface area (Å²) in [6, 6.07) is 0.240. The van der Waals surface area contributed by atoms with Crippen LogP contribution >= 0.6 is 0 Å². The summed E-state index contributed by atoms with van der Waals surface area (Å²) in [5, 5.41) is 0. The van der Waals surface area contributed by atoms with Crippen molar-refractivity contribution in [1.82, 2.24) is 5.73 Å². The van der Waals surface area contributed by atoms with E-state index in [2.05, 4.69) is 6.92 Å². The molecule has 1 N–H and O–H groups in total. The summed E-state index contributed by atoms with van der Waals surface area (Å²) < 4.78 is 0. The van der Waals surface area contributed by atoms with E-state index in [0.717, 1.165) is 12.3 Å². The van der Waals surface area contributed by atoms with Crippen molar-refractivity contribution in [2.45, 2.75) is 90.0 Å². The SMILES string of the molecule is CCCCCCCC([NH])CC1CCCCC1. The fraction of sp³-hybridized carbons (Fsp3) is 1.00. The predicted molar refractivity (Wildman–Crippen MR) is 71.5 cm³/mol. The molecule has 1 unspecified atom stereocenters. The lowest BCUT2D eigenvalue weighted by atomic mass is 9.84. The molecule has 1 heteroatoms. The number of unbranched alkanes of at least 4 members (excludes halogenated alkanes) is 4. The minimum absolute atomic E-state index is 0.240. The minimum Gasteiger partial charge on any atom is -0.255 e. The molecule has 1 fully saturated rings. The smallest absolute Gasteiger partial charge is 0.0215 e. The zero-order valence-corrected chi connectivity index (χ0v) is 11.1. The van der Waals surface area contributed by atoms with Crippen LogP contribution in [-0.2, 0) is 0 Å². The zero-order valence-electron chi connectivity index (χ0n) is 11.1. The molecular formula is C15H30N. The summed E-state index contributed by atoms with van der Waals surface area (Å²) in [7, 11) is 0. The van der Waals surface area contributed by atoms with Crippen molar-refractivity contribution in [3.63, 3.8) is 0 Å².